The number of hydrogen-bond donors (Lipinski definition) is 1. The van der Waals surface area contributed by atoms with Crippen LogP contribution in [0, 0.1) is 27.7 Å². The molecule has 1 amide bonds. The Morgan fingerprint density at radius 1 is 1.08 bits per heavy atom. The molecule has 2 rings (SSSR count). The molecule has 0 atom stereocenters. The first-order valence-corrected chi connectivity index (χ1v) is 8.44. The SMILES string of the molecule is CCCCn1c(C)cc(=O)c(C(=O)Nc2ccc(C)c(C)c2)c1C. The van der Waals surface area contributed by atoms with Crippen LogP contribution in [0.3, 0.4) is 0 Å². The highest BCUT2D eigenvalue weighted by molar-refractivity contribution is 6.05. The number of unbranched alkanes of at least 4 members (excludes halogenated alkanes) is 1. The number of rotatable bonds is 5. The van der Waals surface area contributed by atoms with Gasteiger partial charge in [0, 0.05) is 29.7 Å². The van der Waals surface area contributed by atoms with Crippen LogP contribution in [0.4, 0.5) is 5.69 Å². The molecule has 1 aromatic heterocycles. The highest BCUT2D eigenvalue weighted by Gasteiger charge is 2.17. The van der Waals surface area contributed by atoms with Crippen LogP contribution in [0.2, 0.25) is 0 Å². The predicted molar refractivity (Wildman–Crippen MR) is 99.0 cm³/mol. The molecular weight excluding hydrogens is 300 g/mol. The third-order valence-electron chi connectivity index (χ3n) is 4.51. The van der Waals surface area contributed by atoms with Gasteiger partial charge in [0.25, 0.3) is 5.91 Å². The lowest BCUT2D eigenvalue weighted by molar-refractivity contribution is 0.102. The molecule has 1 aromatic carbocycles. The van der Waals surface area contributed by atoms with Crippen molar-refractivity contribution in [1.82, 2.24) is 4.57 Å². The average Bonchev–Trinajstić information content (AvgIpc) is 2.50. The smallest absolute Gasteiger partial charge is 0.261 e. The summed E-state index contributed by atoms with van der Waals surface area (Å²) in [5, 5.41) is 2.86. The van der Waals surface area contributed by atoms with Gasteiger partial charge in [-0.25, -0.2) is 0 Å². The Labute approximate surface area is 143 Å². The van der Waals surface area contributed by atoms with Crippen molar-refractivity contribution < 1.29 is 4.79 Å². The van der Waals surface area contributed by atoms with Crippen molar-refractivity contribution in [3.8, 4) is 0 Å². The van der Waals surface area contributed by atoms with Crippen LogP contribution in [0.25, 0.3) is 0 Å². The maximum Gasteiger partial charge on any atom is 0.261 e. The first-order valence-electron chi connectivity index (χ1n) is 8.44. The van der Waals surface area contributed by atoms with Crippen molar-refractivity contribution in [1.29, 1.82) is 0 Å². The van der Waals surface area contributed by atoms with Gasteiger partial charge in [-0.3, -0.25) is 9.59 Å². The number of pyridine rings is 1. The molecule has 0 aliphatic carbocycles. The summed E-state index contributed by atoms with van der Waals surface area (Å²) >= 11 is 0. The van der Waals surface area contributed by atoms with Crippen LogP contribution in [0.5, 0.6) is 0 Å². The summed E-state index contributed by atoms with van der Waals surface area (Å²) < 4.78 is 2.06. The topological polar surface area (TPSA) is 51.1 Å². The number of amides is 1. The van der Waals surface area contributed by atoms with E-state index in [0.717, 1.165) is 36.3 Å². The van der Waals surface area contributed by atoms with E-state index in [1.807, 2.05) is 45.9 Å². The minimum Gasteiger partial charge on any atom is -0.348 e. The molecular formula is C20H26N2O2. The first kappa shape index (κ1) is 18.0. The van der Waals surface area contributed by atoms with Crippen LogP contribution in [-0.4, -0.2) is 10.5 Å². The zero-order valence-electron chi connectivity index (χ0n) is 15.2. The van der Waals surface area contributed by atoms with Gasteiger partial charge in [0.2, 0.25) is 0 Å². The summed E-state index contributed by atoms with van der Waals surface area (Å²) in [6.07, 6.45) is 2.08. The standard InChI is InChI=1S/C20H26N2O2/c1-6-7-10-22-15(4)12-18(23)19(16(22)5)20(24)21-17-9-8-13(2)14(3)11-17/h8-9,11-12H,6-7,10H2,1-5H3,(H,21,24). The van der Waals surface area contributed by atoms with Crippen molar-refractivity contribution in [2.45, 2.75) is 54.0 Å². The summed E-state index contributed by atoms with van der Waals surface area (Å²) in [7, 11) is 0. The van der Waals surface area contributed by atoms with E-state index in [0.29, 0.717) is 5.69 Å². The van der Waals surface area contributed by atoms with E-state index in [4.69, 9.17) is 0 Å². The Balaban J connectivity index is 2.37. The number of anilines is 1. The van der Waals surface area contributed by atoms with Crippen LogP contribution in [-0.2, 0) is 6.54 Å². The Bertz CT molecular complexity index is 819. The van der Waals surface area contributed by atoms with Gasteiger partial charge < -0.3 is 9.88 Å². The summed E-state index contributed by atoms with van der Waals surface area (Å²) in [6.45, 7) is 10.7. The van der Waals surface area contributed by atoms with E-state index in [1.165, 1.54) is 5.56 Å². The zero-order valence-corrected chi connectivity index (χ0v) is 15.2. The lowest BCUT2D eigenvalue weighted by Gasteiger charge is -2.17. The molecule has 0 aliphatic rings. The van der Waals surface area contributed by atoms with Gasteiger partial charge in [-0.05, 0) is 57.4 Å². The van der Waals surface area contributed by atoms with Crippen LogP contribution < -0.4 is 10.7 Å². The lowest BCUT2D eigenvalue weighted by Crippen LogP contribution is -2.27. The number of carbonyl (C=O) groups excluding carboxylic acids is 1. The van der Waals surface area contributed by atoms with E-state index in [1.54, 1.807) is 6.07 Å². The van der Waals surface area contributed by atoms with Gasteiger partial charge in [0.05, 0.1) is 0 Å². The third-order valence-corrected chi connectivity index (χ3v) is 4.51. The van der Waals surface area contributed by atoms with Gasteiger partial charge >= 0.3 is 0 Å². The zero-order chi connectivity index (χ0) is 17.9. The minimum absolute atomic E-state index is 0.223. The second-order valence-corrected chi connectivity index (χ2v) is 6.37. The van der Waals surface area contributed by atoms with Crippen LogP contribution in [0.1, 0.15) is 52.6 Å². The Morgan fingerprint density at radius 3 is 2.42 bits per heavy atom. The van der Waals surface area contributed by atoms with Crippen molar-refractivity contribution >= 4 is 11.6 Å². The maximum absolute atomic E-state index is 12.7. The van der Waals surface area contributed by atoms with Crippen molar-refractivity contribution in [3.05, 3.63) is 62.6 Å². The molecule has 0 spiro atoms. The monoisotopic (exact) mass is 326 g/mol. The highest BCUT2D eigenvalue weighted by atomic mass is 16.2. The van der Waals surface area contributed by atoms with E-state index in [2.05, 4.69) is 16.8 Å². The highest BCUT2D eigenvalue weighted by Crippen LogP contribution is 2.16. The molecule has 0 bridgehead atoms. The number of aryl methyl sites for hydroxylation is 3. The summed E-state index contributed by atoms with van der Waals surface area (Å²) in [5.41, 5.74) is 4.62. The average molecular weight is 326 g/mol. The molecule has 0 saturated carbocycles. The summed E-state index contributed by atoms with van der Waals surface area (Å²) in [6, 6.07) is 7.30. The predicted octanol–water partition coefficient (Wildman–Crippen LogP) is 4.13. The van der Waals surface area contributed by atoms with Crippen molar-refractivity contribution in [2.24, 2.45) is 0 Å². The molecule has 128 valence electrons. The normalized spacial score (nSPS) is 10.7. The number of nitrogens with zero attached hydrogens (tertiary/aromatic N) is 1. The van der Waals surface area contributed by atoms with E-state index in [9.17, 15) is 9.59 Å². The summed E-state index contributed by atoms with van der Waals surface area (Å²) in [5.74, 6) is -0.342. The van der Waals surface area contributed by atoms with E-state index >= 15 is 0 Å². The number of nitrogens with one attached hydrogen (secondary N) is 1. The van der Waals surface area contributed by atoms with Gasteiger partial charge in [-0.1, -0.05) is 19.4 Å². The van der Waals surface area contributed by atoms with Gasteiger partial charge in [-0.15, -0.1) is 0 Å². The third kappa shape index (κ3) is 3.75. The molecule has 1 N–H and O–H groups in total. The summed E-state index contributed by atoms with van der Waals surface area (Å²) in [4.78, 5) is 25.0. The minimum atomic E-state index is -0.342. The quantitative estimate of drug-likeness (QED) is 0.898. The molecule has 0 fully saturated rings. The fraction of sp³-hybridized carbons (Fsp3) is 0.400. The first-order chi connectivity index (χ1) is 11.3. The Morgan fingerprint density at radius 2 is 1.79 bits per heavy atom. The molecule has 4 nitrogen and oxygen atoms in total. The molecule has 4 heteroatoms. The van der Waals surface area contributed by atoms with Crippen LogP contribution in [0.15, 0.2) is 29.1 Å². The molecule has 1 heterocycles. The van der Waals surface area contributed by atoms with Gasteiger partial charge in [-0.2, -0.15) is 0 Å². The van der Waals surface area contributed by atoms with Gasteiger partial charge in [0.15, 0.2) is 5.43 Å². The molecule has 0 aliphatic heterocycles. The van der Waals surface area contributed by atoms with Crippen molar-refractivity contribution in [2.75, 3.05) is 5.32 Å². The van der Waals surface area contributed by atoms with E-state index in [-0.39, 0.29) is 16.9 Å². The van der Waals surface area contributed by atoms with Crippen molar-refractivity contribution in [3.63, 3.8) is 0 Å². The van der Waals surface area contributed by atoms with Gasteiger partial charge in [0.1, 0.15) is 5.56 Å². The number of aromatic nitrogens is 1. The lowest BCUT2D eigenvalue weighted by atomic mass is 10.1. The molecule has 0 saturated heterocycles. The number of benzene rings is 1. The molecule has 2 aromatic rings. The van der Waals surface area contributed by atoms with Crippen LogP contribution >= 0.6 is 0 Å². The van der Waals surface area contributed by atoms with E-state index < -0.39 is 0 Å². The fourth-order valence-electron chi connectivity index (χ4n) is 2.87. The number of hydrogen-bond acceptors (Lipinski definition) is 2. The fourth-order valence-corrected chi connectivity index (χ4v) is 2.87. The number of carbonyl (C=O) groups is 1. The molecule has 0 unspecified atom stereocenters. The second-order valence-electron chi connectivity index (χ2n) is 6.37. The largest absolute Gasteiger partial charge is 0.348 e. The second kappa shape index (κ2) is 7.47. The molecule has 0 radical (unpaired) electrons. The Hall–Kier alpha value is -2.36. The molecule has 24 heavy (non-hydrogen) atoms. The Kier molecular flexibility index (Phi) is 5.60. The maximum atomic E-state index is 12.7.